The second kappa shape index (κ2) is 9.41. The van der Waals surface area contributed by atoms with Crippen LogP contribution in [0.5, 0.6) is 23.0 Å². The molecule has 4 aromatic rings. The molecule has 1 heterocycles. The first-order valence-corrected chi connectivity index (χ1v) is 10.3. The van der Waals surface area contributed by atoms with Crippen LogP contribution in [-0.4, -0.2) is 39.8 Å². The van der Waals surface area contributed by atoms with Gasteiger partial charge in [0.25, 0.3) is 0 Å². The summed E-state index contributed by atoms with van der Waals surface area (Å²) in [4.78, 5) is 28.1. The minimum absolute atomic E-state index is 0.121. The van der Waals surface area contributed by atoms with Crippen LogP contribution in [0.2, 0.25) is 0 Å². The smallest absolute Gasteiger partial charge is 0.330 e. The molecule has 8 heteroatoms. The number of carbonyl (C=O) groups excluding carboxylic acids is 1. The Kier molecular flexibility index (Phi) is 6.22. The zero-order valence-corrected chi connectivity index (χ0v) is 18.5. The van der Waals surface area contributed by atoms with Gasteiger partial charge in [0.05, 0.1) is 25.6 Å². The quantitative estimate of drug-likeness (QED) is 0.283. The van der Waals surface area contributed by atoms with Gasteiger partial charge in [0, 0.05) is 11.8 Å². The highest BCUT2D eigenvalue weighted by molar-refractivity contribution is 6.07. The summed E-state index contributed by atoms with van der Waals surface area (Å²) in [6, 6.07) is 16.4. The number of aromatic amines is 1. The summed E-state index contributed by atoms with van der Waals surface area (Å²) in [6.45, 7) is 0. The second-order valence-corrected chi connectivity index (χ2v) is 7.41. The largest absolute Gasteiger partial charge is 0.508 e. The van der Waals surface area contributed by atoms with Crippen molar-refractivity contribution in [3.8, 4) is 39.9 Å². The highest BCUT2D eigenvalue weighted by atomic mass is 16.5. The summed E-state index contributed by atoms with van der Waals surface area (Å²) in [5.74, 6) is 0.198. The van der Waals surface area contributed by atoms with E-state index in [9.17, 15) is 19.8 Å². The number of nitrogens with zero attached hydrogens (tertiary/aromatic N) is 1. The number of ketones is 1. The Balaban J connectivity index is 1.60. The van der Waals surface area contributed by atoms with Crippen LogP contribution in [0, 0.1) is 0 Å². The minimum atomic E-state index is -0.355. The predicted molar refractivity (Wildman–Crippen MR) is 128 cm³/mol. The fraction of sp³-hybridized carbons (Fsp3) is 0.0769. The molecule has 0 spiro atoms. The van der Waals surface area contributed by atoms with E-state index in [0.717, 1.165) is 5.56 Å². The Morgan fingerprint density at radius 2 is 1.65 bits per heavy atom. The molecule has 0 unspecified atom stereocenters. The standard InChI is InChI=1S/C26H22N2O6/c1-33-23-12-16(13-24(34-2)25(23)31)6-11-22(30)18-4-3-5-19(14-18)28-15-21(27-26(28)32)17-7-9-20(29)10-8-17/h3-15,29,31H,1-2H3,(H,27,32). The van der Waals surface area contributed by atoms with Crippen LogP contribution in [-0.2, 0) is 0 Å². The molecule has 0 atom stereocenters. The highest BCUT2D eigenvalue weighted by Gasteiger charge is 2.12. The summed E-state index contributed by atoms with van der Waals surface area (Å²) in [5.41, 5.74) is 2.49. The van der Waals surface area contributed by atoms with Crippen LogP contribution >= 0.6 is 0 Å². The number of benzene rings is 3. The number of allylic oxidation sites excluding steroid dienone is 1. The maximum absolute atomic E-state index is 12.8. The van der Waals surface area contributed by atoms with Crippen molar-refractivity contribution in [2.45, 2.75) is 0 Å². The normalized spacial score (nSPS) is 11.0. The fourth-order valence-corrected chi connectivity index (χ4v) is 3.46. The molecule has 0 aliphatic rings. The zero-order valence-electron chi connectivity index (χ0n) is 18.5. The Hall–Kier alpha value is -4.72. The van der Waals surface area contributed by atoms with Crippen molar-refractivity contribution in [1.29, 1.82) is 0 Å². The Morgan fingerprint density at radius 3 is 2.29 bits per heavy atom. The van der Waals surface area contributed by atoms with Crippen LogP contribution < -0.4 is 15.2 Å². The molecule has 8 nitrogen and oxygen atoms in total. The number of H-pyrrole nitrogens is 1. The first-order chi connectivity index (χ1) is 16.4. The molecule has 0 saturated heterocycles. The van der Waals surface area contributed by atoms with Gasteiger partial charge in [0.1, 0.15) is 5.75 Å². The minimum Gasteiger partial charge on any atom is -0.508 e. The maximum Gasteiger partial charge on any atom is 0.330 e. The van der Waals surface area contributed by atoms with E-state index in [1.807, 2.05) is 0 Å². The molecule has 0 bridgehead atoms. The number of imidazole rings is 1. The average Bonchev–Trinajstić information content (AvgIpc) is 3.25. The number of carbonyl (C=O) groups is 1. The number of hydrogen-bond acceptors (Lipinski definition) is 6. The third-order valence-corrected chi connectivity index (χ3v) is 5.24. The maximum atomic E-state index is 12.8. The van der Waals surface area contributed by atoms with Gasteiger partial charge in [-0.05, 0) is 65.7 Å². The summed E-state index contributed by atoms with van der Waals surface area (Å²) in [5, 5.41) is 19.5. The Labute approximate surface area is 195 Å². The summed E-state index contributed by atoms with van der Waals surface area (Å²) in [7, 11) is 2.85. The number of ether oxygens (including phenoxy) is 2. The number of phenolic OH excluding ortho intramolecular Hbond substituents is 2. The average molecular weight is 458 g/mol. The molecular weight excluding hydrogens is 436 g/mol. The molecule has 0 amide bonds. The van der Waals surface area contributed by atoms with E-state index in [1.54, 1.807) is 60.8 Å². The number of methoxy groups -OCH3 is 2. The van der Waals surface area contributed by atoms with Gasteiger partial charge in [-0.15, -0.1) is 0 Å². The van der Waals surface area contributed by atoms with Gasteiger partial charge in [-0.3, -0.25) is 9.36 Å². The van der Waals surface area contributed by atoms with E-state index in [0.29, 0.717) is 22.5 Å². The molecule has 34 heavy (non-hydrogen) atoms. The van der Waals surface area contributed by atoms with E-state index in [-0.39, 0.29) is 34.5 Å². The van der Waals surface area contributed by atoms with Crippen molar-refractivity contribution in [3.05, 3.63) is 94.5 Å². The van der Waals surface area contributed by atoms with E-state index < -0.39 is 0 Å². The Morgan fingerprint density at radius 1 is 0.971 bits per heavy atom. The molecule has 1 aromatic heterocycles. The second-order valence-electron chi connectivity index (χ2n) is 7.41. The van der Waals surface area contributed by atoms with Crippen molar-refractivity contribution in [2.75, 3.05) is 14.2 Å². The molecule has 0 aliphatic carbocycles. The van der Waals surface area contributed by atoms with Gasteiger partial charge in [0.15, 0.2) is 17.3 Å². The monoisotopic (exact) mass is 458 g/mol. The SMILES string of the molecule is COc1cc(C=CC(=O)c2cccc(-n3cc(-c4ccc(O)cc4)[nH]c3=O)c2)cc(OC)c1O. The zero-order chi connectivity index (χ0) is 24.2. The number of aromatic hydroxyl groups is 2. The molecule has 3 N–H and O–H groups in total. The molecule has 0 saturated carbocycles. The lowest BCUT2D eigenvalue weighted by Crippen LogP contribution is -2.14. The van der Waals surface area contributed by atoms with Crippen LogP contribution in [0.3, 0.4) is 0 Å². The number of aromatic nitrogens is 2. The van der Waals surface area contributed by atoms with Crippen LogP contribution in [0.4, 0.5) is 0 Å². The Bertz CT molecular complexity index is 1410. The van der Waals surface area contributed by atoms with Gasteiger partial charge < -0.3 is 24.7 Å². The first kappa shape index (κ1) is 22.5. The van der Waals surface area contributed by atoms with Gasteiger partial charge in [0.2, 0.25) is 5.75 Å². The summed E-state index contributed by atoms with van der Waals surface area (Å²) < 4.78 is 11.7. The summed E-state index contributed by atoms with van der Waals surface area (Å²) in [6.07, 6.45) is 4.63. The lowest BCUT2D eigenvalue weighted by molar-refractivity contribution is 0.104. The lowest BCUT2D eigenvalue weighted by Gasteiger charge is -2.09. The van der Waals surface area contributed by atoms with E-state index in [4.69, 9.17) is 9.47 Å². The van der Waals surface area contributed by atoms with Crippen LogP contribution in [0.1, 0.15) is 15.9 Å². The fourth-order valence-electron chi connectivity index (χ4n) is 3.46. The topological polar surface area (TPSA) is 114 Å². The molecule has 0 fully saturated rings. The number of nitrogens with one attached hydrogen (secondary N) is 1. The van der Waals surface area contributed by atoms with E-state index in [2.05, 4.69) is 4.98 Å². The van der Waals surface area contributed by atoms with Crippen LogP contribution in [0.15, 0.2) is 77.7 Å². The predicted octanol–water partition coefficient (Wildman–Crippen LogP) is 4.16. The van der Waals surface area contributed by atoms with Gasteiger partial charge in [-0.1, -0.05) is 18.2 Å². The third-order valence-electron chi connectivity index (χ3n) is 5.24. The van der Waals surface area contributed by atoms with Crippen LogP contribution in [0.25, 0.3) is 23.0 Å². The van der Waals surface area contributed by atoms with Crippen molar-refractivity contribution in [1.82, 2.24) is 9.55 Å². The molecule has 172 valence electrons. The van der Waals surface area contributed by atoms with Crippen molar-refractivity contribution in [3.63, 3.8) is 0 Å². The van der Waals surface area contributed by atoms with Gasteiger partial charge >= 0.3 is 5.69 Å². The third kappa shape index (κ3) is 4.56. The van der Waals surface area contributed by atoms with E-state index in [1.165, 1.54) is 37.0 Å². The molecule has 0 radical (unpaired) electrons. The first-order valence-electron chi connectivity index (χ1n) is 10.3. The van der Waals surface area contributed by atoms with Crippen molar-refractivity contribution >= 4 is 11.9 Å². The lowest BCUT2D eigenvalue weighted by atomic mass is 10.1. The van der Waals surface area contributed by atoms with E-state index >= 15 is 0 Å². The number of hydrogen-bond donors (Lipinski definition) is 3. The van der Waals surface area contributed by atoms with Crippen molar-refractivity contribution < 1.29 is 24.5 Å². The number of phenols is 2. The highest BCUT2D eigenvalue weighted by Crippen LogP contribution is 2.37. The summed E-state index contributed by atoms with van der Waals surface area (Å²) >= 11 is 0. The molecular formula is C26H22N2O6. The molecule has 4 rings (SSSR count). The van der Waals surface area contributed by atoms with Crippen molar-refractivity contribution in [2.24, 2.45) is 0 Å². The van der Waals surface area contributed by atoms with Gasteiger partial charge in [-0.25, -0.2) is 4.79 Å². The number of rotatable bonds is 7. The van der Waals surface area contributed by atoms with Gasteiger partial charge in [-0.2, -0.15) is 0 Å². The molecule has 3 aromatic carbocycles. The molecule has 0 aliphatic heterocycles.